The van der Waals surface area contributed by atoms with Gasteiger partial charge < -0.3 is 0 Å². The van der Waals surface area contributed by atoms with Gasteiger partial charge in [0, 0.05) is 11.1 Å². The first-order chi connectivity index (χ1) is 8.31. The summed E-state index contributed by atoms with van der Waals surface area (Å²) in [5, 5.41) is 0.949. The number of unbranched alkanes of at least 4 members (excludes halogenated alkanes) is 3. The monoisotopic (exact) mass is 214 g/mol. The predicted octanol–water partition coefficient (Wildman–Crippen LogP) is 4.36. The van der Waals surface area contributed by atoms with Crippen molar-refractivity contribution in [2.45, 2.75) is 39.0 Å². The Labute approximate surface area is 98.9 Å². The minimum atomic E-state index is 0.598. The number of aromatic nitrogens is 1. The zero-order valence-corrected chi connectivity index (χ0v) is 9.87. The molecule has 0 aliphatic heterocycles. The molecule has 1 aromatic heterocycles. The second-order valence-electron chi connectivity index (χ2n) is 4.22. The smallest absolute Gasteiger partial charge is 0.0705 e. The lowest BCUT2D eigenvalue weighted by Crippen LogP contribution is -1.90. The molecule has 0 N–H and O–H groups in total. The van der Waals surface area contributed by atoms with Crippen molar-refractivity contribution >= 4 is 10.9 Å². The van der Waals surface area contributed by atoms with Crippen molar-refractivity contribution in [3.8, 4) is 0 Å². The third-order valence-corrected chi connectivity index (χ3v) is 2.85. The van der Waals surface area contributed by atoms with Crippen LogP contribution in [0.15, 0.2) is 36.4 Å². The molecule has 0 spiro atoms. The Kier molecular flexibility index (Phi) is 3.47. The fraction of sp³-hybridized carbons (Fsp3) is 0.400. The molecule has 2 aromatic rings. The minimum Gasteiger partial charge on any atom is -0.253 e. The highest BCUT2D eigenvalue weighted by molar-refractivity contribution is 5.78. The molecule has 0 bridgehead atoms. The van der Waals surface area contributed by atoms with Gasteiger partial charge in [0.05, 0.1) is 6.89 Å². The molecule has 0 saturated carbocycles. The van der Waals surface area contributed by atoms with Crippen LogP contribution in [-0.2, 0) is 6.42 Å². The normalized spacial score (nSPS) is 11.7. The van der Waals surface area contributed by atoms with Gasteiger partial charge in [0.2, 0.25) is 0 Å². The van der Waals surface area contributed by atoms with E-state index >= 15 is 0 Å². The first-order valence-corrected chi connectivity index (χ1v) is 6.16. The van der Waals surface area contributed by atoms with Crippen LogP contribution in [-0.4, -0.2) is 4.98 Å². The lowest BCUT2D eigenvalue weighted by Gasteiger charge is -2.02. The molecule has 0 aliphatic carbocycles. The number of benzene rings is 1. The highest BCUT2D eigenvalue weighted by Gasteiger charge is 1.97. The molecule has 0 amide bonds. The summed E-state index contributed by atoms with van der Waals surface area (Å²) < 4.78 is 7.98. The fourth-order valence-electron chi connectivity index (χ4n) is 1.90. The van der Waals surface area contributed by atoms with E-state index in [9.17, 15) is 0 Å². The Morgan fingerprint density at radius 3 is 2.88 bits per heavy atom. The van der Waals surface area contributed by atoms with Crippen molar-refractivity contribution < 1.29 is 1.37 Å². The second-order valence-corrected chi connectivity index (χ2v) is 4.22. The van der Waals surface area contributed by atoms with E-state index in [4.69, 9.17) is 1.37 Å². The molecule has 1 heterocycles. The van der Waals surface area contributed by atoms with Crippen LogP contribution in [0.2, 0.25) is 0 Å². The fourth-order valence-corrected chi connectivity index (χ4v) is 1.90. The summed E-state index contributed by atoms with van der Waals surface area (Å²) in [5.41, 5.74) is 2.01. The molecule has 0 saturated heterocycles. The van der Waals surface area contributed by atoms with E-state index in [1.165, 1.54) is 25.7 Å². The maximum Gasteiger partial charge on any atom is 0.0705 e. The van der Waals surface area contributed by atoms with Crippen LogP contribution in [0.4, 0.5) is 0 Å². The van der Waals surface area contributed by atoms with Gasteiger partial charge in [-0.25, -0.2) is 0 Å². The largest absolute Gasteiger partial charge is 0.253 e. The molecular weight excluding hydrogens is 194 g/mol. The number of para-hydroxylation sites is 1. The molecule has 2 rings (SSSR count). The average Bonchev–Trinajstić information content (AvgIpc) is 2.35. The molecule has 0 aliphatic rings. The molecule has 0 fully saturated rings. The van der Waals surface area contributed by atoms with Crippen LogP contribution < -0.4 is 0 Å². The van der Waals surface area contributed by atoms with Gasteiger partial charge in [0.15, 0.2) is 0 Å². The summed E-state index contributed by atoms with van der Waals surface area (Å²) in [5.74, 6) is 0. The molecule has 0 radical (unpaired) electrons. The van der Waals surface area contributed by atoms with Gasteiger partial charge in [-0.2, -0.15) is 0 Å². The maximum absolute atomic E-state index is 7.98. The minimum absolute atomic E-state index is 0.598. The van der Waals surface area contributed by atoms with E-state index in [1.54, 1.807) is 0 Å². The quantitative estimate of drug-likeness (QED) is 0.674. The predicted molar refractivity (Wildman–Crippen MR) is 69.6 cm³/mol. The van der Waals surface area contributed by atoms with Crippen LogP contribution in [0.25, 0.3) is 10.9 Å². The molecule has 16 heavy (non-hydrogen) atoms. The van der Waals surface area contributed by atoms with Crippen molar-refractivity contribution in [3.63, 3.8) is 0 Å². The number of fused-ring (bicyclic) bond motifs is 1. The van der Waals surface area contributed by atoms with Crippen molar-refractivity contribution in [2.75, 3.05) is 0 Å². The standard InChI is InChI=1S/C15H19N/c1-2-3-4-5-9-14-12-11-13-8-6-7-10-15(13)16-14/h6-8,10-12H,2-5,9H2,1H3/i11D. The highest BCUT2D eigenvalue weighted by atomic mass is 14.7. The Morgan fingerprint density at radius 1 is 1.12 bits per heavy atom. The number of hydrogen-bond donors (Lipinski definition) is 0. The van der Waals surface area contributed by atoms with Crippen molar-refractivity contribution in [1.29, 1.82) is 0 Å². The second kappa shape index (κ2) is 5.64. The van der Waals surface area contributed by atoms with Gasteiger partial charge in [-0.3, -0.25) is 4.98 Å². The summed E-state index contributed by atoms with van der Waals surface area (Å²) in [7, 11) is 0. The lowest BCUT2D eigenvalue weighted by molar-refractivity contribution is 0.661. The summed E-state index contributed by atoms with van der Waals surface area (Å²) in [6, 6.07) is 10.4. The number of hydrogen-bond acceptors (Lipinski definition) is 1. The summed E-state index contributed by atoms with van der Waals surface area (Å²) in [4.78, 5) is 4.61. The number of rotatable bonds is 5. The van der Waals surface area contributed by atoms with E-state index in [-0.39, 0.29) is 0 Å². The Bertz CT molecular complexity index is 493. The SMILES string of the molecule is [2H]c1cc(CCCCCC)nc2ccccc12. The van der Waals surface area contributed by atoms with Crippen LogP contribution in [0, 0.1) is 0 Å². The summed E-state index contributed by atoms with van der Waals surface area (Å²) in [6.07, 6.45) is 5.99. The molecular formula is C15H19N. The highest BCUT2D eigenvalue weighted by Crippen LogP contribution is 2.13. The Balaban J connectivity index is 2.13. The van der Waals surface area contributed by atoms with Gasteiger partial charge in [-0.05, 0) is 25.0 Å². The zero-order chi connectivity index (χ0) is 12.1. The molecule has 0 unspecified atom stereocenters. The zero-order valence-electron chi connectivity index (χ0n) is 10.9. The van der Waals surface area contributed by atoms with Gasteiger partial charge in [-0.15, -0.1) is 0 Å². The van der Waals surface area contributed by atoms with E-state index in [0.29, 0.717) is 6.04 Å². The van der Waals surface area contributed by atoms with Crippen LogP contribution in [0.1, 0.15) is 39.7 Å². The van der Waals surface area contributed by atoms with Gasteiger partial charge in [-0.1, -0.05) is 50.4 Å². The average molecular weight is 214 g/mol. The van der Waals surface area contributed by atoms with E-state index < -0.39 is 0 Å². The molecule has 0 atom stereocenters. The lowest BCUT2D eigenvalue weighted by atomic mass is 10.1. The Morgan fingerprint density at radius 2 is 2.00 bits per heavy atom. The van der Waals surface area contributed by atoms with Gasteiger partial charge >= 0.3 is 0 Å². The van der Waals surface area contributed by atoms with Crippen LogP contribution in [0.5, 0.6) is 0 Å². The van der Waals surface area contributed by atoms with E-state index in [1.807, 2.05) is 30.3 Å². The van der Waals surface area contributed by atoms with Crippen molar-refractivity contribution in [3.05, 3.63) is 42.1 Å². The number of nitrogens with zero attached hydrogens (tertiary/aromatic N) is 1. The number of pyridine rings is 1. The molecule has 1 heteroatoms. The molecule has 84 valence electrons. The van der Waals surface area contributed by atoms with Crippen LogP contribution in [0.3, 0.4) is 0 Å². The third kappa shape index (κ3) is 2.82. The number of aryl methyl sites for hydroxylation is 1. The van der Waals surface area contributed by atoms with Crippen molar-refractivity contribution in [1.82, 2.24) is 4.98 Å². The third-order valence-electron chi connectivity index (χ3n) is 2.85. The van der Waals surface area contributed by atoms with Crippen molar-refractivity contribution in [2.24, 2.45) is 0 Å². The summed E-state index contributed by atoms with van der Waals surface area (Å²) in [6.45, 7) is 2.22. The van der Waals surface area contributed by atoms with Gasteiger partial charge in [0.25, 0.3) is 0 Å². The van der Waals surface area contributed by atoms with Crippen LogP contribution >= 0.6 is 0 Å². The van der Waals surface area contributed by atoms with Gasteiger partial charge in [0.1, 0.15) is 0 Å². The molecule has 1 nitrogen and oxygen atoms in total. The first-order valence-electron chi connectivity index (χ1n) is 6.66. The maximum atomic E-state index is 7.98. The summed E-state index contributed by atoms with van der Waals surface area (Å²) >= 11 is 0. The molecule has 1 aromatic carbocycles. The Hall–Kier alpha value is -1.37. The van der Waals surface area contributed by atoms with E-state index in [0.717, 1.165) is 23.0 Å². The first kappa shape index (κ1) is 9.83. The topological polar surface area (TPSA) is 12.9 Å². The van der Waals surface area contributed by atoms with E-state index in [2.05, 4.69) is 11.9 Å².